The molecule has 2 rings (SSSR count). The molecule has 0 bridgehead atoms. The van der Waals surface area contributed by atoms with E-state index in [1.54, 1.807) is 30.8 Å². The van der Waals surface area contributed by atoms with Gasteiger partial charge in [-0.15, -0.1) is 0 Å². The SMILES string of the molecule is CCc1nn(C)c(Oc2ccc(C)c(F)c2)c1N. The highest BCUT2D eigenvalue weighted by Crippen LogP contribution is 2.30. The van der Waals surface area contributed by atoms with Crippen molar-refractivity contribution in [2.45, 2.75) is 20.3 Å². The molecule has 2 N–H and O–H groups in total. The van der Waals surface area contributed by atoms with Gasteiger partial charge in [0, 0.05) is 13.1 Å². The Morgan fingerprint density at radius 3 is 2.72 bits per heavy atom. The van der Waals surface area contributed by atoms with E-state index >= 15 is 0 Å². The Morgan fingerprint density at radius 2 is 2.17 bits per heavy atom. The maximum atomic E-state index is 13.4. The summed E-state index contributed by atoms with van der Waals surface area (Å²) in [5.74, 6) is 0.550. The number of nitrogen functional groups attached to an aromatic ring is 1. The molecule has 2 aromatic rings. The first kappa shape index (κ1) is 12.4. The third-order valence-corrected chi connectivity index (χ3v) is 2.80. The first-order chi connectivity index (χ1) is 8.52. The van der Waals surface area contributed by atoms with Crippen molar-refractivity contribution in [3.05, 3.63) is 35.3 Å². The average molecular weight is 249 g/mol. The number of ether oxygens (including phenoxy) is 1. The predicted octanol–water partition coefficient (Wildman–Crippen LogP) is 2.80. The van der Waals surface area contributed by atoms with Gasteiger partial charge in [0.15, 0.2) is 0 Å². The molecule has 0 amide bonds. The van der Waals surface area contributed by atoms with Crippen molar-refractivity contribution in [2.75, 3.05) is 5.73 Å². The third-order valence-electron chi connectivity index (χ3n) is 2.80. The van der Waals surface area contributed by atoms with Crippen LogP contribution >= 0.6 is 0 Å². The lowest BCUT2D eigenvalue weighted by atomic mass is 10.2. The first-order valence-electron chi connectivity index (χ1n) is 5.78. The summed E-state index contributed by atoms with van der Waals surface area (Å²) in [5.41, 5.74) is 7.79. The summed E-state index contributed by atoms with van der Waals surface area (Å²) >= 11 is 0. The van der Waals surface area contributed by atoms with Gasteiger partial charge in [-0.1, -0.05) is 13.0 Å². The van der Waals surface area contributed by atoms with Crippen LogP contribution < -0.4 is 10.5 Å². The van der Waals surface area contributed by atoms with Crippen LogP contribution in [0.25, 0.3) is 0 Å². The summed E-state index contributed by atoms with van der Waals surface area (Å²) in [5, 5.41) is 4.24. The summed E-state index contributed by atoms with van der Waals surface area (Å²) in [4.78, 5) is 0. The molecule has 96 valence electrons. The molecular formula is C13H16FN3O. The van der Waals surface area contributed by atoms with E-state index in [1.165, 1.54) is 6.07 Å². The maximum absolute atomic E-state index is 13.4. The van der Waals surface area contributed by atoms with E-state index in [0.29, 0.717) is 22.9 Å². The highest BCUT2D eigenvalue weighted by atomic mass is 19.1. The second kappa shape index (κ2) is 4.68. The topological polar surface area (TPSA) is 53.1 Å². The molecule has 1 heterocycles. The molecule has 0 aliphatic rings. The van der Waals surface area contributed by atoms with Crippen molar-refractivity contribution in [1.29, 1.82) is 0 Å². The van der Waals surface area contributed by atoms with Gasteiger partial charge in [-0.2, -0.15) is 5.10 Å². The minimum absolute atomic E-state index is 0.302. The summed E-state index contributed by atoms with van der Waals surface area (Å²) in [6.07, 6.45) is 0.727. The molecule has 0 unspecified atom stereocenters. The Hall–Kier alpha value is -2.04. The molecule has 18 heavy (non-hydrogen) atoms. The Morgan fingerprint density at radius 1 is 1.44 bits per heavy atom. The van der Waals surface area contributed by atoms with Crippen molar-refractivity contribution in [2.24, 2.45) is 7.05 Å². The van der Waals surface area contributed by atoms with E-state index in [-0.39, 0.29) is 5.82 Å². The highest BCUT2D eigenvalue weighted by molar-refractivity contribution is 5.54. The van der Waals surface area contributed by atoms with E-state index in [2.05, 4.69) is 5.10 Å². The van der Waals surface area contributed by atoms with Crippen LogP contribution in [-0.4, -0.2) is 9.78 Å². The van der Waals surface area contributed by atoms with Gasteiger partial charge in [-0.25, -0.2) is 9.07 Å². The van der Waals surface area contributed by atoms with Gasteiger partial charge in [0.05, 0.1) is 5.69 Å². The van der Waals surface area contributed by atoms with Crippen molar-refractivity contribution in [3.63, 3.8) is 0 Å². The van der Waals surface area contributed by atoms with Crippen LogP contribution in [0.1, 0.15) is 18.2 Å². The first-order valence-corrected chi connectivity index (χ1v) is 5.78. The molecule has 4 nitrogen and oxygen atoms in total. The molecule has 0 saturated carbocycles. The van der Waals surface area contributed by atoms with Crippen LogP contribution in [0.4, 0.5) is 10.1 Å². The number of aryl methyl sites for hydroxylation is 3. The highest BCUT2D eigenvalue weighted by Gasteiger charge is 2.14. The maximum Gasteiger partial charge on any atom is 0.241 e. The van der Waals surface area contributed by atoms with Crippen LogP contribution in [0.3, 0.4) is 0 Å². The minimum Gasteiger partial charge on any atom is -0.437 e. The zero-order valence-corrected chi connectivity index (χ0v) is 10.7. The van der Waals surface area contributed by atoms with Crippen molar-refractivity contribution in [3.8, 4) is 11.6 Å². The molecule has 1 aromatic heterocycles. The largest absolute Gasteiger partial charge is 0.437 e. The molecule has 0 atom stereocenters. The fraction of sp³-hybridized carbons (Fsp3) is 0.308. The van der Waals surface area contributed by atoms with E-state index in [1.807, 2.05) is 6.92 Å². The van der Waals surface area contributed by atoms with Gasteiger partial charge in [-0.3, -0.25) is 0 Å². The Bertz CT molecular complexity index is 578. The number of rotatable bonds is 3. The number of halogens is 1. The average Bonchev–Trinajstić information content (AvgIpc) is 2.61. The molecule has 0 saturated heterocycles. The molecule has 1 aromatic carbocycles. The van der Waals surface area contributed by atoms with Gasteiger partial charge in [0.2, 0.25) is 5.88 Å². The van der Waals surface area contributed by atoms with Crippen LogP contribution in [0.2, 0.25) is 0 Å². The Labute approximate surface area is 105 Å². The molecule has 0 spiro atoms. The number of nitrogens with zero attached hydrogens (tertiary/aromatic N) is 2. The smallest absolute Gasteiger partial charge is 0.241 e. The molecule has 0 radical (unpaired) electrons. The normalized spacial score (nSPS) is 10.7. The standard InChI is InChI=1S/C13H16FN3O/c1-4-11-12(15)13(17(3)16-11)18-9-6-5-8(2)10(14)7-9/h5-7H,4,15H2,1-3H3. The van der Waals surface area contributed by atoms with Crippen molar-refractivity contribution >= 4 is 5.69 Å². The number of hydrogen-bond donors (Lipinski definition) is 1. The Balaban J connectivity index is 2.33. The van der Waals surface area contributed by atoms with Gasteiger partial charge >= 0.3 is 0 Å². The number of nitrogens with two attached hydrogens (primary N) is 1. The lowest BCUT2D eigenvalue weighted by molar-refractivity contribution is 0.429. The molecular weight excluding hydrogens is 233 g/mol. The summed E-state index contributed by atoms with van der Waals surface area (Å²) in [6.45, 7) is 3.67. The Kier molecular flexibility index (Phi) is 3.23. The molecule has 0 fully saturated rings. The van der Waals surface area contributed by atoms with E-state index in [4.69, 9.17) is 10.5 Å². The van der Waals surface area contributed by atoms with Crippen molar-refractivity contribution < 1.29 is 9.13 Å². The van der Waals surface area contributed by atoms with Gasteiger partial charge < -0.3 is 10.5 Å². The van der Waals surface area contributed by atoms with Crippen molar-refractivity contribution in [1.82, 2.24) is 9.78 Å². The van der Waals surface area contributed by atoms with Crippen LogP contribution in [0, 0.1) is 12.7 Å². The quantitative estimate of drug-likeness (QED) is 0.910. The zero-order valence-electron chi connectivity index (χ0n) is 10.7. The number of aromatic nitrogens is 2. The van der Waals surface area contributed by atoms with E-state index < -0.39 is 0 Å². The zero-order chi connectivity index (χ0) is 13.3. The number of anilines is 1. The molecule has 0 aliphatic heterocycles. The van der Waals surface area contributed by atoms with Crippen LogP contribution in [0.15, 0.2) is 18.2 Å². The van der Waals surface area contributed by atoms with Gasteiger partial charge in [0.25, 0.3) is 0 Å². The van der Waals surface area contributed by atoms with Crippen LogP contribution in [-0.2, 0) is 13.5 Å². The summed E-state index contributed by atoms with van der Waals surface area (Å²) in [6, 6.07) is 4.71. The third kappa shape index (κ3) is 2.16. The summed E-state index contributed by atoms with van der Waals surface area (Å²) in [7, 11) is 1.75. The van der Waals surface area contributed by atoms with Crippen LogP contribution in [0.5, 0.6) is 11.6 Å². The van der Waals surface area contributed by atoms with Gasteiger partial charge in [-0.05, 0) is 25.0 Å². The fourth-order valence-electron chi connectivity index (χ4n) is 1.71. The van der Waals surface area contributed by atoms with E-state index in [9.17, 15) is 4.39 Å². The lowest BCUT2D eigenvalue weighted by Crippen LogP contribution is -1.97. The minimum atomic E-state index is -0.302. The fourth-order valence-corrected chi connectivity index (χ4v) is 1.71. The summed E-state index contributed by atoms with van der Waals surface area (Å²) < 4.78 is 20.6. The molecule has 0 aliphatic carbocycles. The second-order valence-corrected chi connectivity index (χ2v) is 4.16. The van der Waals surface area contributed by atoms with E-state index in [0.717, 1.165) is 12.1 Å². The predicted molar refractivity (Wildman–Crippen MR) is 68.2 cm³/mol. The monoisotopic (exact) mass is 249 g/mol. The van der Waals surface area contributed by atoms with Gasteiger partial charge in [0.1, 0.15) is 17.3 Å². The second-order valence-electron chi connectivity index (χ2n) is 4.16. The lowest BCUT2D eigenvalue weighted by Gasteiger charge is -2.07. The number of hydrogen-bond acceptors (Lipinski definition) is 3. The number of benzene rings is 1. The molecule has 5 heteroatoms.